The molecule has 1 heterocycles. The lowest BCUT2D eigenvalue weighted by Crippen LogP contribution is -2.12. The van der Waals surface area contributed by atoms with Gasteiger partial charge in [-0.25, -0.2) is 0 Å². The predicted molar refractivity (Wildman–Crippen MR) is 82.4 cm³/mol. The number of aromatic amines is 1. The summed E-state index contributed by atoms with van der Waals surface area (Å²) in [6.07, 6.45) is 0. The summed E-state index contributed by atoms with van der Waals surface area (Å²) >= 11 is 0. The Morgan fingerprint density at radius 1 is 0.789 bits per heavy atom. The standard InChI is InChI=1S/C18H19N/c1-18(2,3)17-16(13-9-5-4-6-10-13)14-11-7-8-12-15(14)19-17/h4-12,19H,1-3H3. The molecule has 0 aliphatic carbocycles. The first-order valence-electron chi connectivity index (χ1n) is 6.74. The van der Waals surface area contributed by atoms with E-state index in [-0.39, 0.29) is 5.41 Å². The number of para-hydroxylation sites is 1. The van der Waals surface area contributed by atoms with Gasteiger partial charge in [-0.15, -0.1) is 0 Å². The van der Waals surface area contributed by atoms with Crippen LogP contribution in [0.3, 0.4) is 0 Å². The molecule has 0 aliphatic heterocycles. The van der Waals surface area contributed by atoms with Crippen molar-refractivity contribution in [1.29, 1.82) is 0 Å². The lowest BCUT2D eigenvalue weighted by Gasteiger charge is -2.19. The molecule has 1 nitrogen and oxygen atoms in total. The van der Waals surface area contributed by atoms with Crippen LogP contribution in [0.5, 0.6) is 0 Å². The third-order valence-corrected chi connectivity index (χ3v) is 3.52. The van der Waals surface area contributed by atoms with Crippen LogP contribution in [-0.4, -0.2) is 4.98 Å². The average Bonchev–Trinajstić information content (AvgIpc) is 2.79. The van der Waals surface area contributed by atoms with E-state index >= 15 is 0 Å². The summed E-state index contributed by atoms with van der Waals surface area (Å²) < 4.78 is 0. The van der Waals surface area contributed by atoms with Gasteiger partial charge in [-0.1, -0.05) is 69.3 Å². The van der Waals surface area contributed by atoms with Gasteiger partial charge in [-0.3, -0.25) is 0 Å². The number of hydrogen-bond acceptors (Lipinski definition) is 0. The molecule has 0 fully saturated rings. The molecule has 0 unspecified atom stereocenters. The Morgan fingerprint density at radius 2 is 1.42 bits per heavy atom. The van der Waals surface area contributed by atoms with Crippen molar-refractivity contribution in [3.8, 4) is 11.1 Å². The monoisotopic (exact) mass is 249 g/mol. The van der Waals surface area contributed by atoms with Gasteiger partial charge in [0.05, 0.1) is 0 Å². The third kappa shape index (κ3) is 2.06. The van der Waals surface area contributed by atoms with Gasteiger partial charge in [0, 0.05) is 27.6 Å². The van der Waals surface area contributed by atoms with Crippen LogP contribution in [0.25, 0.3) is 22.0 Å². The third-order valence-electron chi connectivity index (χ3n) is 3.52. The SMILES string of the molecule is CC(C)(C)c1[nH]c2ccccc2c1-c1ccccc1. The number of H-pyrrole nitrogens is 1. The first kappa shape index (κ1) is 12.0. The van der Waals surface area contributed by atoms with Crippen molar-refractivity contribution in [2.45, 2.75) is 26.2 Å². The first-order chi connectivity index (χ1) is 9.07. The molecule has 1 N–H and O–H groups in total. The second-order valence-corrected chi connectivity index (χ2v) is 6.04. The average molecular weight is 249 g/mol. The fraction of sp³-hybridized carbons (Fsp3) is 0.222. The maximum Gasteiger partial charge on any atom is 0.0462 e. The molecule has 0 saturated carbocycles. The quantitative estimate of drug-likeness (QED) is 0.615. The van der Waals surface area contributed by atoms with Crippen LogP contribution in [0, 0.1) is 0 Å². The smallest absolute Gasteiger partial charge is 0.0462 e. The molecular formula is C18H19N. The molecule has 0 saturated heterocycles. The zero-order valence-corrected chi connectivity index (χ0v) is 11.7. The van der Waals surface area contributed by atoms with E-state index in [4.69, 9.17) is 0 Å². The van der Waals surface area contributed by atoms with Gasteiger partial charge in [0.2, 0.25) is 0 Å². The van der Waals surface area contributed by atoms with Crippen LogP contribution in [0.15, 0.2) is 54.6 Å². The minimum Gasteiger partial charge on any atom is -0.357 e. The van der Waals surface area contributed by atoms with Gasteiger partial charge in [-0.05, 0) is 11.6 Å². The maximum atomic E-state index is 3.60. The Labute approximate surface area is 114 Å². The topological polar surface area (TPSA) is 15.8 Å². The Balaban J connectivity index is 2.38. The number of nitrogens with one attached hydrogen (secondary N) is 1. The van der Waals surface area contributed by atoms with E-state index in [0.29, 0.717) is 0 Å². The van der Waals surface area contributed by atoms with Gasteiger partial charge < -0.3 is 4.98 Å². The number of hydrogen-bond donors (Lipinski definition) is 1. The first-order valence-corrected chi connectivity index (χ1v) is 6.74. The molecule has 2 aromatic carbocycles. The van der Waals surface area contributed by atoms with Crippen molar-refractivity contribution in [3.63, 3.8) is 0 Å². The van der Waals surface area contributed by atoms with Gasteiger partial charge in [-0.2, -0.15) is 0 Å². The van der Waals surface area contributed by atoms with Crippen molar-refractivity contribution >= 4 is 10.9 Å². The molecule has 0 spiro atoms. The summed E-state index contributed by atoms with van der Waals surface area (Å²) in [5.74, 6) is 0. The van der Waals surface area contributed by atoms with Crippen LogP contribution in [0.2, 0.25) is 0 Å². The minimum atomic E-state index is 0.101. The minimum absolute atomic E-state index is 0.101. The fourth-order valence-corrected chi connectivity index (χ4v) is 2.61. The molecule has 3 rings (SSSR count). The fourth-order valence-electron chi connectivity index (χ4n) is 2.61. The summed E-state index contributed by atoms with van der Waals surface area (Å²) in [6, 6.07) is 19.2. The highest BCUT2D eigenvalue weighted by atomic mass is 14.7. The Kier molecular flexibility index (Phi) is 2.70. The van der Waals surface area contributed by atoms with E-state index in [1.807, 2.05) is 0 Å². The lowest BCUT2D eigenvalue weighted by molar-refractivity contribution is 0.576. The van der Waals surface area contributed by atoms with Crippen LogP contribution in [0.4, 0.5) is 0 Å². The molecule has 19 heavy (non-hydrogen) atoms. The number of benzene rings is 2. The molecule has 0 radical (unpaired) electrons. The van der Waals surface area contributed by atoms with Crippen molar-refractivity contribution < 1.29 is 0 Å². The second-order valence-electron chi connectivity index (χ2n) is 6.04. The van der Waals surface area contributed by atoms with Crippen LogP contribution >= 0.6 is 0 Å². The largest absolute Gasteiger partial charge is 0.357 e. The zero-order chi connectivity index (χ0) is 13.5. The van der Waals surface area contributed by atoms with Crippen molar-refractivity contribution in [2.75, 3.05) is 0 Å². The highest BCUT2D eigenvalue weighted by Gasteiger charge is 2.22. The molecule has 0 amide bonds. The van der Waals surface area contributed by atoms with Crippen molar-refractivity contribution in [1.82, 2.24) is 4.98 Å². The molecule has 0 atom stereocenters. The highest BCUT2D eigenvalue weighted by Crippen LogP contribution is 2.38. The van der Waals surface area contributed by atoms with Crippen LogP contribution in [-0.2, 0) is 5.41 Å². The molecular weight excluding hydrogens is 230 g/mol. The zero-order valence-electron chi connectivity index (χ0n) is 11.7. The predicted octanol–water partition coefficient (Wildman–Crippen LogP) is 5.13. The van der Waals surface area contributed by atoms with Gasteiger partial charge in [0.15, 0.2) is 0 Å². The summed E-state index contributed by atoms with van der Waals surface area (Å²) in [6.45, 7) is 6.76. The Morgan fingerprint density at radius 3 is 2.11 bits per heavy atom. The summed E-state index contributed by atoms with van der Waals surface area (Å²) in [5, 5.41) is 1.30. The normalized spacial score (nSPS) is 11.9. The summed E-state index contributed by atoms with van der Waals surface area (Å²) in [5.41, 5.74) is 5.24. The second kappa shape index (κ2) is 4.27. The molecule has 96 valence electrons. The van der Waals surface area contributed by atoms with E-state index in [1.54, 1.807) is 0 Å². The molecule has 0 bridgehead atoms. The Bertz CT molecular complexity index is 699. The van der Waals surface area contributed by atoms with E-state index < -0.39 is 0 Å². The van der Waals surface area contributed by atoms with Crippen molar-refractivity contribution in [2.24, 2.45) is 0 Å². The van der Waals surface area contributed by atoms with Gasteiger partial charge in [0.1, 0.15) is 0 Å². The number of rotatable bonds is 1. The molecule has 3 aromatic rings. The molecule has 1 aromatic heterocycles. The van der Waals surface area contributed by atoms with Crippen LogP contribution < -0.4 is 0 Å². The van der Waals surface area contributed by atoms with Gasteiger partial charge in [0.25, 0.3) is 0 Å². The molecule has 0 aliphatic rings. The lowest BCUT2D eigenvalue weighted by atomic mass is 9.86. The van der Waals surface area contributed by atoms with E-state index in [2.05, 4.69) is 80.4 Å². The van der Waals surface area contributed by atoms with Crippen LogP contribution in [0.1, 0.15) is 26.5 Å². The number of fused-ring (bicyclic) bond motifs is 1. The van der Waals surface area contributed by atoms with Crippen molar-refractivity contribution in [3.05, 3.63) is 60.3 Å². The van der Waals surface area contributed by atoms with Gasteiger partial charge >= 0.3 is 0 Å². The molecule has 1 heteroatoms. The number of aromatic nitrogens is 1. The van der Waals surface area contributed by atoms with E-state index in [1.165, 1.54) is 27.7 Å². The van der Waals surface area contributed by atoms with E-state index in [9.17, 15) is 0 Å². The summed E-state index contributed by atoms with van der Waals surface area (Å²) in [7, 11) is 0. The maximum absolute atomic E-state index is 3.60. The summed E-state index contributed by atoms with van der Waals surface area (Å²) in [4.78, 5) is 3.60. The van der Waals surface area contributed by atoms with E-state index in [0.717, 1.165) is 0 Å². The Hall–Kier alpha value is -2.02. The highest BCUT2D eigenvalue weighted by molar-refractivity contribution is 5.97.